The van der Waals surface area contributed by atoms with Crippen molar-refractivity contribution in [2.75, 3.05) is 19.5 Å². The fourth-order valence-corrected chi connectivity index (χ4v) is 4.15. The number of fused-ring (bicyclic) bond motifs is 1. The zero-order chi connectivity index (χ0) is 24.1. The van der Waals surface area contributed by atoms with E-state index in [1.54, 1.807) is 0 Å². The highest BCUT2D eigenvalue weighted by atomic mass is 32.1. The number of carbonyl (C=O) groups is 2. The molecule has 34 heavy (non-hydrogen) atoms. The molecule has 0 atom stereocenters. The molecule has 0 fully saturated rings. The Morgan fingerprint density at radius 2 is 1.65 bits per heavy atom. The van der Waals surface area contributed by atoms with E-state index in [1.165, 1.54) is 50.0 Å². The van der Waals surface area contributed by atoms with Gasteiger partial charge in [0.25, 0.3) is 0 Å². The number of hydrogen-bond acceptors (Lipinski definition) is 8. The molecule has 1 heterocycles. The molecule has 1 aromatic heterocycles. The molecule has 0 spiro atoms. The van der Waals surface area contributed by atoms with Crippen LogP contribution < -0.4 is 5.32 Å². The first-order valence-corrected chi connectivity index (χ1v) is 11.0. The zero-order valence-electron chi connectivity index (χ0n) is 18.4. The first-order valence-electron chi connectivity index (χ1n) is 10.2. The van der Waals surface area contributed by atoms with Gasteiger partial charge in [-0.15, -0.1) is 11.3 Å². The summed E-state index contributed by atoms with van der Waals surface area (Å²) in [4.78, 5) is 28.6. The van der Waals surface area contributed by atoms with Gasteiger partial charge in [0.1, 0.15) is 16.6 Å². The van der Waals surface area contributed by atoms with E-state index in [2.05, 4.69) is 28.5 Å². The van der Waals surface area contributed by atoms with Crippen molar-refractivity contribution in [1.82, 2.24) is 4.98 Å². The van der Waals surface area contributed by atoms with E-state index in [1.807, 2.05) is 35.7 Å². The highest BCUT2D eigenvalue weighted by Crippen LogP contribution is 2.28. The fraction of sp³-hybridized carbons (Fsp3) is 0.0769. The maximum atomic E-state index is 12.0. The molecule has 0 radical (unpaired) electrons. The second kappa shape index (κ2) is 9.98. The third-order valence-electron chi connectivity index (χ3n) is 5.06. The molecule has 1 N–H and O–H groups in total. The Kier molecular flexibility index (Phi) is 6.67. The van der Waals surface area contributed by atoms with Crippen LogP contribution in [0.25, 0.3) is 27.6 Å². The molecule has 0 aliphatic carbocycles. The van der Waals surface area contributed by atoms with Gasteiger partial charge in [-0.3, -0.25) is 0 Å². The molecular weight excluding hydrogens is 450 g/mol. The molecular formula is C26H19N3O4S. The summed E-state index contributed by atoms with van der Waals surface area (Å²) < 4.78 is 9.50. The Bertz CT molecular complexity index is 1430. The van der Waals surface area contributed by atoms with Crippen LogP contribution in [0.5, 0.6) is 0 Å². The Balaban J connectivity index is 1.62. The van der Waals surface area contributed by atoms with Crippen LogP contribution >= 0.6 is 11.3 Å². The van der Waals surface area contributed by atoms with Crippen LogP contribution in [0.15, 0.2) is 72.2 Å². The number of aromatic nitrogens is 1. The van der Waals surface area contributed by atoms with Gasteiger partial charge in [0.2, 0.25) is 0 Å². The lowest BCUT2D eigenvalue weighted by molar-refractivity contribution is 0.0599. The van der Waals surface area contributed by atoms with Gasteiger partial charge >= 0.3 is 11.9 Å². The molecule has 0 aliphatic rings. The number of nitriles is 1. The molecule has 0 aliphatic heterocycles. The van der Waals surface area contributed by atoms with Crippen molar-refractivity contribution >= 4 is 45.3 Å². The summed E-state index contributed by atoms with van der Waals surface area (Å²) in [6.07, 6.45) is 1.49. The summed E-state index contributed by atoms with van der Waals surface area (Å²) in [7, 11) is 2.51. The molecule has 0 amide bonds. The monoisotopic (exact) mass is 469 g/mol. The standard InChI is InChI=1S/C26H19N3O4S/c1-32-25(30)19-10-20(26(31)33-2)12-22(11-19)28-14-21(13-27)24-29-23(15-34-24)18-8-7-16-5-3-4-6-17(16)9-18/h3-12,14-15,28H,1-2H3/b21-14-. The van der Waals surface area contributed by atoms with Gasteiger partial charge < -0.3 is 14.8 Å². The van der Waals surface area contributed by atoms with Crippen molar-refractivity contribution in [2.45, 2.75) is 0 Å². The fourth-order valence-electron chi connectivity index (χ4n) is 3.36. The average molecular weight is 470 g/mol. The molecule has 168 valence electrons. The molecule has 4 rings (SSSR count). The highest BCUT2D eigenvalue weighted by molar-refractivity contribution is 7.11. The zero-order valence-corrected chi connectivity index (χ0v) is 19.2. The summed E-state index contributed by atoms with van der Waals surface area (Å²) in [6.45, 7) is 0. The molecule has 4 aromatic rings. The van der Waals surface area contributed by atoms with Gasteiger partial charge in [0.05, 0.1) is 31.0 Å². The number of rotatable bonds is 6. The minimum atomic E-state index is -0.599. The minimum Gasteiger partial charge on any atom is -0.465 e. The summed E-state index contributed by atoms with van der Waals surface area (Å²) in [5.74, 6) is -1.20. The number of anilines is 1. The van der Waals surface area contributed by atoms with Crippen molar-refractivity contribution in [3.8, 4) is 17.3 Å². The third-order valence-corrected chi connectivity index (χ3v) is 5.93. The van der Waals surface area contributed by atoms with Crippen LogP contribution in [-0.2, 0) is 9.47 Å². The number of nitrogens with zero attached hydrogens (tertiary/aromatic N) is 2. The van der Waals surface area contributed by atoms with Gasteiger partial charge in [0.15, 0.2) is 0 Å². The number of ether oxygens (including phenoxy) is 2. The number of thiazole rings is 1. The lowest BCUT2D eigenvalue weighted by Crippen LogP contribution is -2.07. The Hall–Kier alpha value is -4.48. The number of esters is 2. The summed E-state index contributed by atoms with van der Waals surface area (Å²) >= 11 is 1.35. The number of hydrogen-bond donors (Lipinski definition) is 1. The van der Waals surface area contributed by atoms with Crippen LogP contribution in [0.1, 0.15) is 25.7 Å². The van der Waals surface area contributed by atoms with Gasteiger partial charge in [-0.1, -0.05) is 36.4 Å². The van der Waals surface area contributed by atoms with E-state index in [0.29, 0.717) is 16.3 Å². The maximum Gasteiger partial charge on any atom is 0.337 e. The van der Waals surface area contributed by atoms with Crippen molar-refractivity contribution in [3.63, 3.8) is 0 Å². The summed E-state index contributed by atoms with van der Waals surface area (Å²) in [5.41, 5.74) is 2.80. The first kappa shape index (κ1) is 22.7. The van der Waals surface area contributed by atoms with E-state index >= 15 is 0 Å². The van der Waals surface area contributed by atoms with E-state index in [-0.39, 0.29) is 11.1 Å². The lowest BCUT2D eigenvalue weighted by Gasteiger charge is -2.08. The van der Waals surface area contributed by atoms with Crippen molar-refractivity contribution < 1.29 is 19.1 Å². The van der Waals surface area contributed by atoms with E-state index < -0.39 is 11.9 Å². The highest BCUT2D eigenvalue weighted by Gasteiger charge is 2.14. The Labute approximate surface area is 199 Å². The number of benzene rings is 3. The largest absolute Gasteiger partial charge is 0.465 e. The smallest absolute Gasteiger partial charge is 0.337 e. The van der Waals surface area contributed by atoms with E-state index in [0.717, 1.165) is 22.0 Å². The predicted molar refractivity (Wildman–Crippen MR) is 131 cm³/mol. The van der Waals surface area contributed by atoms with Crippen LogP contribution in [0.2, 0.25) is 0 Å². The minimum absolute atomic E-state index is 0.174. The van der Waals surface area contributed by atoms with Crippen molar-refractivity contribution in [1.29, 1.82) is 5.26 Å². The Morgan fingerprint density at radius 1 is 0.971 bits per heavy atom. The van der Waals surface area contributed by atoms with Gasteiger partial charge in [-0.05, 0) is 35.0 Å². The van der Waals surface area contributed by atoms with Crippen LogP contribution in [0.4, 0.5) is 5.69 Å². The molecule has 0 saturated heterocycles. The molecule has 0 saturated carbocycles. The number of allylic oxidation sites excluding steroid dienone is 1. The van der Waals surface area contributed by atoms with Crippen molar-refractivity contribution in [3.05, 3.63) is 88.4 Å². The van der Waals surface area contributed by atoms with E-state index in [4.69, 9.17) is 9.47 Å². The molecule has 7 nitrogen and oxygen atoms in total. The van der Waals surface area contributed by atoms with Crippen LogP contribution in [0, 0.1) is 11.3 Å². The summed E-state index contributed by atoms with van der Waals surface area (Å²) in [6, 6.07) is 20.8. The predicted octanol–water partition coefficient (Wildman–Crippen LogP) is 5.51. The second-order valence-corrected chi connectivity index (χ2v) is 8.05. The molecule has 0 bridgehead atoms. The maximum absolute atomic E-state index is 12.0. The van der Waals surface area contributed by atoms with Crippen molar-refractivity contribution in [2.24, 2.45) is 0 Å². The SMILES string of the molecule is COC(=O)c1cc(N/C=C(/C#N)c2nc(-c3ccc4ccccc4c3)cs2)cc(C(=O)OC)c1. The normalized spacial score (nSPS) is 11.0. The molecule has 0 unspecified atom stereocenters. The topological polar surface area (TPSA) is 101 Å². The Morgan fingerprint density at radius 3 is 2.29 bits per heavy atom. The lowest BCUT2D eigenvalue weighted by atomic mass is 10.1. The van der Waals surface area contributed by atoms with Gasteiger partial charge in [-0.25, -0.2) is 14.6 Å². The van der Waals surface area contributed by atoms with Crippen LogP contribution in [0.3, 0.4) is 0 Å². The third kappa shape index (κ3) is 4.80. The quantitative estimate of drug-likeness (QED) is 0.293. The van der Waals surface area contributed by atoms with E-state index in [9.17, 15) is 14.9 Å². The van der Waals surface area contributed by atoms with Crippen LogP contribution in [-0.4, -0.2) is 31.1 Å². The average Bonchev–Trinajstić information content (AvgIpc) is 3.37. The molecule has 3 aromatic carbocycles. The second-order valence-electron chi connectivity index (χ2n) is 7.20. The number of nitrogens with one attached hydrogen (secondary N) is 1. The van der Waals surface area contributed by atoms with Gasteiger partial charge in [-0.2, -0.15) is 5.26 Å². The van der Waals surface area contributed by atoms with Gasteiger partial charge in [0, 0.05) is 22.8 Å². The summed E-state index contributed by atoms with van der Waals surface area (Å²) in [5, 5.41) is 17.4. The first-order chi connectivity index (χ1) is 16.5. The number of carbonyl (C=O) groups excluding carboxylic acids is 2. The molecule has 8 heteroatoms. The number of methoxy groups -OCH3 is 2.